The number of likely N-dealkylation sites (N-methyl/N-ethyl adjacent to an activating group) is 1. The van der Waals surface area contributed by atoms with E-state index in [4.69, 9.17) is 10.8 Å². The van der Waals surface area contributed by atoms with Gasteiger partial charge < -0.3 is 21.1 Å². The molecule has 28 heavy (non-hydrogen) atoms. The number of nitrogens with two attached hydrogens (primary N) is 1. The first kappa shape index (κ1) is 19.1. The fourth-order valence-electron chi connectivity index (χ4n) is 3.73. The fourth-order valence-corrected chi connectivity index (χ4v) is 4.90. The van der Waals surface area contributed by atoms with Crippen molar-refractivity contribution >= 4 is 28.4 Å². The van der Waals surface area contributed by atoms with Crippen molar-refractivity contribution in [3.63, 3.8) is 0 Å². The minimum atomic E-state index is 0.269. The van der Waals surface area contributed by atoms with Gasteiger partial charge in [0.05, 0.1) is 12.1 Å². The number of anilines is 1. The van der Waals surface area contributed by atoms with Crippen LogP contribution in [0.15, 0.2) is 40.1 Å². The average Bonchev–Trinajstić information content (AvgIpc) is 3.08. The van der Waals surface area contributed by atoms with E-state index in [1.807, 2.05) is 12.1 Å². The monoisotopic (exact) mass is 397 g/mol. The zero-order valence-corrected chi connectivity index (χ0v) is 17.2. The summed E-state index contributed by atoms with van der Waals surface area (Å²) in [7, 11) is 0. The highest BCUT2D eigenvalue weighted by molar-refractivity contribution is 8.00. The molecule has 0 unspecified atom stereocenters. The minimum absolute atomic E-state index is 0.269. The lowest BCUT2D eigenvalue weighted by atomic mass is 10.1. The number of benzene rings is 2. The van der Waals surface area contributed by atoms with Crippen LogP contribution >= 0.6 is 11.8 Å². The molecule has 0 fully saturated rings. The zero-order valence-electron chi connectivity index (χ0n) is 16.4. The number of nitrogens with one attached hydrogen (secondary N) is 1. The summed E-state index contributed by atoms with van der Waals surface area (Å²) in [5, 5.41) is 19.6. The molecule has 1 aromatic heterocycles. The molecular weight excluding hydrogens is 370 g/mol. The third-order valence-electron chi connectivity index (χ3n) is 5.28. The number of hydrogen-bond donors (Lipinski definition) is 3. The zero-order chi connectivity index (χ0) is 19.7. The highest BCUT2D eigenvalue weighted by atomic mass is 32.2. The van der Waals surface area contributed by atoms with Gasteiger partial charge in [-0.15, -0.1) is 0 Å². The molecule has 0 radical (unpaired) electrons. The van der Waals surface area contributed by atoms with E-state index in [2.05, 4.69) is 40.9 Å². The van der Waals surface area contributed by atoms with Crippen molar-refractivity contribution in [1.29, 1.82) is 0 Å². The molecule has 1 aliphatic heterocycles. The molecule has 1 aliphatic rings. The van der Waals surface area contributed by atoms with Crippen molar-refractivity contribution < 1.29 is 5.11 Å². The van der Waals surface area contributed by atoms with Crippen molar-refractivity contribution in [1.82, 2.24) is 14.7 Å². The molecule has 0 spiro atoms. The predicted octanol–water partition coefficient (Wildman–Crippen LogP) is 3.59. The molecule has 4 rings (SSSR count). The van der Waals surface area contributed by atoms with Crippen molar-refractivity contribution in [3.8, 4) is 17.0 Å². The number of phenols is 1. The maximum Gasteiger partial charge on any atom is 0.116 e. The SMILES string of the molecule is CCN(CC)CCn1nc2c3c(c(NCCN)ccc31)Sc1ccc(O)cc1-2. The highest BCUT2D eigenvalue weighted by Crippen LogP contribution is 2.51. The lowest BCUT2D eigenvalue weighted by Crippen LogP contribution is -2.27. The Bertz CT molecular complexity index is 996. The van der Waals surface area contributed by atoms with E-state index in [0.29, 0.717) is 6.54 Å². The van der Waals surface area contributed by atoms with Gasteiger partial charge in [0.2, 0.25) is 0 Å². The summed E-state index contributed by atoms with van der Waals surface area (Å²) in [6.45, 7) is 9.56. The van der Waals surface area contributed by atoms with Gasteiger partial charge in [0.15, 0.2) is 0 Å². The van der Waals surface area contributed by atoms with Crippen LogP contribution in [0.3, 0.4) is 0 Å². The second kappa shape index (κ2) is 8.03. The van der Waals surface area contributed by atoms with Crippen LogP contribution in [-0.2, 0) is 6.54 Å². The van der Waals surface area contributed by atoms with Crippen LogP contribution in [0.25, 0.3) is 22.2 Å². The van der Waals surface area contributed by atoms with Crippen molar-refractivity contribution in [2.24, 2.45) is 5.73 Å². The number of phenolic OH excluding ortho intramolecular Hbond substituents is 1. The van der Waals surface area contributed by atoms with E-state index in [1.54, 1.807) is 17.8 Å². The molecule has 0 amide bonds. The van der Waals surface area contributed by atoms with Gasteiger partial charge in [0.25, 0.3) is 0 Å². The van der Waals surface area contributed by atoms with Crippen LogP contribution in [0.1, 0.15) is 13.8 Å². The van der Waals surface area contributed by atoms with Gasteiger partial charge in [-0.2, -0.15) is 5.10 Å². The van der Waals surface area contributed by atoms with Crippen LogP contribution in [0.4, 0.5) is 5.69 Å². The molecular formula is C21H27N5OS. The van der Waals surface area contributed by atoms with Gasteiger partial charge >= 0.3 is 0 Å². The fraction of sp³-hybridized carbons (Fsp3) is 0.381. The Morgan fingerprint density at radius 1 is 1.21 bits per heavy atom. The van der Waals surface area contributed by atoms with Gasteiger partial charge in [-0.1, -0.05) is 25.6 Å². The third kappa shape index (κ3) is 3.34. The van der Waals surface area contributed by atoms with E-state index >= 15 is 0 Å². The molecule has 4 N–H and O–H groups in total. The Kier molecular flexibility index (Phi) is 5.48. The Hall–Kier alpha value is -2.22. The van der Waals surface area contributed by atoms with Gasteiger partial charge in [0, 0.05) is 46.1 Å². The molecule has 6 nitrogen and oxygen atoms in total. The summed E-state index contributed by atoms with van der Waals surface area (Å²) < 4.78 is 2.11. The molecule has 0 bridgehead atoms. The van der Waals surface area contributed by atoms with Crippen LogP contribution in [0.5, 0.6) is 5.75 Å². The summed E-state index contributed by atoms with van der Waals surface area (Å²) in [5.74, 6) is 0.269. The smallest absolute Gasteiger partial charge is 0.116 e. The molecule has 148 valence electrons. The van der Waals surface area contributed by atoms with Crippen LogP contribution in [0, 0.1) is 0 Å². The first-order valence-corrected chi connectivity index (χ1v) is 10.7. The minimum Gasteiger partial charge on any atom is -0.508 e. The van der Waals surface area contributed by atoms with Gasteiger partial charge in [0.1, 0.15) is 11.4 Å². The number of aromatic nitrogens is 2. The number of hydrogen-bond acceptors (Lipinski definition) is 6. The quantitative estimate of drug-likeness (QED) is 0.422. The lowest BCUT2D eigenvalue weighted by Gasteiger charge is -2.19. The van der Waals surface area contributed by atoms with E-state index in [0.717, 1.165) is 65.5 Å². The summed E-state index contributed by atoms with van der Waals surface area (Å²) >= 11 is 1.73. The standard InChI is InChI=1S/C21H27N5OS/c1-3-25(4-2)11-12-26-17-7-6-16(23-10-9-22)21-19(17)20(24-26)15-13-14(27)5-8-18(15)28-21/h5-8,13,23,27H,3-4,9-12,22H2,1-2H3. The number of nitrogens with zero attached hydrogens (tertiary/aromatic N) is 3. The number of rotatable bonds is 8. The third-order valence-corrected chi connectivity index (χ3v) is 6.49. The van der Waals surface area contributed by atoms with Crippen molar-refractivity contribution in [3.05, 3.63) is 30.3 Å². The predicted molar refractivity (Wildman–Crippen MR) is 116 cm³/mol. The first-order chi connectivity index (χ1) is 13.7. The summed E-state index contributed by atoms with van der Waals surface area (Å²) in [6.07, 6.45) is 0. The normalized spacial score (nSPS) is 12.6. The van der Waals surface area contributed by atoms with Crippen LogP contribution in [-0.4, -0.2) is 52.5 Å². The van der Waals surface area contributed by atoms with Crippen molar-refractivity contribution in [2.75, 3.05) is 38.0 Å². The van der Waals surface area contributed by atoms with Crippen LogP contribution in [0.2, 0.25) is 0 Å². The van der Waals surface area contributed by atoms with Gasteiger partial charge in [-0.05, 0) is 43.4 Å². The number of fused-ring (bicyclic) bond motifs is 2. The Morgan fingerprint density at radius 2 is 2.04 bits per heavy atom. The Labute approximate surface area is 169 Å². The summed E-state index contributed by atoms with van der Waals surface area (Å²) in [5.41, 5.74) is 9.87. The summed E-state index contributed by atoms with van der Waals surface area (Å²) in [4.78, 5) is 4.70. The van der Waals surface area contributed by atoms with E-state index in [-0.39, 0.29) is 5.75 Å². The molecule has 3 aromatic rings. The molecule has 0 saturated heterocycles. The molecule has 0 aliphatic carbocycles. The van der Waals surface area contributed by atoms with Crippen LogP contribution < -0.4 is 11.1 Å². The summed E-state index contributed by atoms with van der Waals surface area (Å²) in [6, 6.07) is 9.80. The molecule has 2 heterocycles. The maximum absolute atomic E-state index is 10.0. The van der Waals surface area contributed by atoms with E-state index < -0.39 is 0 Å². The molecule has 7 heteroatoms. The van der Waals surface area contributed by atoms with Crippen molar-refractivity contribution in [2.45, 2.75) is 30.2 Å². The average molecular weight is 398 g/mol. The first-order valence-electron chi connectivity index (χ1n) is 9.87. The second-order valence-corrected chi connectivity index (χ2v) is 7.99. The second-order valence-electron chi connectivity index (χ2n) is 6.93. The molecule has 0 atom stereocenters. The maximum atomic E-state index is 10.0. The molecule has 0 saturated carbocycles. The van der Waals surface area contributed by atoms with Gasteiger partial charge in [-0.25, -0.2) is 0 Å². The van der Waals surface area contributed by atoms with Gasteiger partial charge in [-0.3, -0.25) is 4.68 Å². The highest BCUT2D eigenvalue weighted by Gasteiger charge is 2.26. The van der Waals surface area contributed by atoms with E-state index in [1.165, 1.54) is 4.90 Å². The Balaban J connectivity index is 1.84. The lowest BCUT2D eigenvalue weighted by molar-refractivity contribution is 0.287. The topological polar surface area (TPSA) is 79.3 Å². The largest absolute Gasteiger partial charge is 0.508 e. The van der Waals surface area contributed by atoms with E-state index in [9.17, 15) is 5.11 Å². The molecule has 2 aromatic carbocycles. The number of aromatic hydroxyl groups is 1. The Morgan fingerprint density at radius 3 is 2.79 bits per heavy atom.